The topological polar surface area (TPSA) is 34.1 Å². The Morgan fingerprint density at radius 1 is 1.37 bits per heavy atom. The third kappa shape index (κ3) is 4.44. The van der Waals surface area contributed by atoms with Crippen LogP contribution in [-0.2, 0) is 4.74 Å². The smallest absolute Gasteiger partial charge is 0.183 e. The van der Waals surface area contributed by atoms with Crippen LogP contribution in [0.4, 0.5) is 9.52 Å². The van der Waals surface area contributed by atoms with Crippen LogP contribution in [0.2, 0.25) is 0 Å². The van der Waals surface area contributed by atoms with Gasteiger partial charge in [-0.05, 0) is 30.5 Å². The molecule has 2 rings (SSSR count). The van der Waals surface area contributed by atoms with Gasteiger partial charge in [-0.2, -0.15) is 0 Å². The molecule has 0 unspecified atom stereocenters. The van der Waals surface area contributed by atoms with Gasteiger partial charge in [-0.15, -0.1) is 0 Å². The highest BCUT2D eigenvalue weighted by Crippen LogP contribution is 2.26. The third-order valence-corrected chi connectivity index (χ3v) is 3.69. The molecule has 1 aromatic heterocycles. The lowest BCUT2D eigenvalue weighted by atomic mass is 10.1. The summed E-state index contributed by atoms with van der Waals surface area (Å²) in [7, 11) is 0. The zero-order chi connectivity index (χ0) is 13.7. The Hall–Kier alpha value is -1.20. The van der Waals surface area contributed by atoms with Crippen molar-refractivity contribution in [3.05, 3.63) is 24.0 Å². The standard InChI is InChI=1S/C14H19FN2OS/c1-10(2)5-7-18-8-6-16-14-17-12-4-3-11(15)9-13(12)19-14/h3-4,9-10H,5-8H2,1-2H3,(H,16,17). The maximum absolute atomic E-state index is 13.0. The Kier molecular flexibility index (Phi) is 5.10. The molecule has 0 bridgehead atoms. The Labute approximate surface area is 116 Å². The van der Waals surface area contributed by atoms with Gasteiger partial charge >= 0.3 is 0 Å². The Morgan fingerprint density at radius 3 is 3.00 bits per heavy atom. The number of fused-ring (bicyclic) bond motifs is 1. The van der Waals surface area contributed by atoms with Gasteiger partial charge in [0.05, 0.1) is 16.8 Å². The Balaban J connectivity index is 1.75. The van der Waals surface area contributed by atoms with Crippen molar-refractivity contribution in [2.24, 2.45) is 5.92 Å². The van der Waals surface area contributed by atoms with E-state index in [9.17, 15) is 4.39 Å². The summed E-state index contributed by atoms with van der Waals surface area (Å²) in [5, 5.41) is 4.01. The lowest BCUT2D eigenvalue weighted by Crippen LogP contribution is -2.10. The second-order valence-corrected chi connectivity index (χ2v) is 5.88. The van der Waals surface area contributed by atoms with Crippen LogP contribution in [0, 0.1) is 11.7 Å². The lowest BCUT2D eigenvalue weighted by molar-refractivity contribution is 0.132. The van der Waals surface area contributed by atoms with Crippen LogP contribution in [-0.4, -0.2) is 24.7 Å². The quantitative estimate of drug-likeness (QED) is 0.782. The molecule has 0 radical (unpaired) electrons. The predicted molar refractivity (Wildman–Crippen MR) is 78.3 cm³/mol. The van der Waals surface area contributed by atoms with E-state index in [1.165, 1.54) is 23.5 Å². The molecule has 0 saturated carbocycles. The molecule has 0 aliphatic heterocycles. The first kappa shape index (κ1) is 14.2. The number of nitrogens with one attached hydrogen (secondary N) is 1. The van der Waals surface area contributed by atoms with Gasteiger partial charge in [0.2, 0.25) is 0 Å². The maximum Gasteiger partial charge on any atom is 0.183 e. The first-order chi connectivity index (χ1) is 9.15. The van der Waals surface area contributed by atoms with Gasteiger partial charge in [-0.3, -0.25) is 0 Å². The molecule has 2 aromatic rings. The normalized spacial score (nSPS) is 11.4. The van der Waals surface area contributed by atoms with Crippen molar-refractivity contribution in [2.75, 3.05) is 25.1 Å². The Morgan fingerprint density at radius 2 is 2.21 bits per heavy atom. The van der Waals surface area contributed by atoms with E-state index in [0.717, 1.165) is 34.9 Å². The number of benzene rings is 1. The average molecular weight is 282 g/mol. The number of anilines is 1. The summed E-state index contributed by atoms with van der Waals surface area (Å²) in [4.78, 5) is 4.39. The average Bonchev–Trinajstić information content (AvgIpc) is 2.75. The van der Waals surface area contributed by atoms with Crippen molar-refractivity contribution in [3.8, 4) is 0 Å². The molecular weight excluding hydrogens is 263 g/mol. The third-order valence-electron chi connectivity index (χ3n) is 2.71. The maximum atomic E-state index is 13.0. The number of halogens is 1. The summed E-state index contributed by atoms with van der Waals surface area (Å²) in [6.45, 7) is 6.55. The molecule has 0 saturated heterocycles. The molecule has 0 spiro atoms. The first-order valence-electron chi connectivity index (χ1n) is 6.53. The molecule has 0 amide bonds. The van der Waals surface area contributed by atoms with E-state index in [1.807, 2.05) is 0 Å². The molecule has 0 atom stereocenters. The molecule has 0 aliphatic carbocycles. The summed E-state index contributed by atoms with van der Waals surface area (Å²) < 4.78 is 19.4. The van der Waals surface area contributed by atoms with Crippen LogP contribution in [0.5, 0.6) is 0 Å². The monoisotopic (exact) mass is 282 g/mol. The van der Waals surface area contributed by atoms with Crippen LogP contribution < -0.4 is 5.32 Å². The van der Waals surface area contributed by atoms with Crippen molar-refractivity contribution in [1.82, 2.24) is 4.98 Å². The molecule has 1 heterocycles. The van der Waals surface area contributed by atoms with E-state index in [-0.39, 0.29) is 5.82 Å². The van der Waals surface area contributed by atoms with Crippen LogP contribution in [0.1, 0.15) is 20.3 Å². The SMILES string of the molecule is CC(C)CCOCCNc1nc2ccc(F)cc2s1. The highest BCUT2D eigenvalue weighted by atomic mass is 32.1. The fourth-order valence-corrected chi connectivity index (χ4v) is 2.54. The van der Waals surface area contributed by atoms with Gasteiger partial charge < -0.3 is 10.1 Å². The molecule has 0 aliphatic rings. The minimum absolute atomic E-state index is 0.222. The van der Waals surface area contributed by atoms with Crippen LogP contribution in [0.25, 0.3) is 10.2 Å². The minimum Gasteiger partial charge on any atom is -0.380 e. The molecular formula is C14H19FN2OS. The molecule has 104 valence electrons. The van der Waals surface area contributed by atoms with E-state index in [1.54, 1.807) is 6.07 Å². The van der Waals surface area contributed by atoms with E-state index in [4.69, 9.17) is 4.74 Å². The summed E-state index contributed by atoms with van der Waals surface area (Å²) in [6, 6.07) is 4.64. The van der Waals surface area contributed by atoms with Crippen molar-refractivity contribution >= 4 is 26.7 Å². The summed E-state index contributed by atoms with van der Waals surface area (Å²) >= 11 is 1.46. The molecule has 1 N–H and O–H groups in total. The van der Waals surface area contributed by atoms with Gasteiger partial charge in [-0.25, -0.2) is 9.37 Å². The molecule has 19 heavy (non-hydrogen) atoms. The number of nitrogens with zero attached hydrogens (tertiary/aromatic N) is 1. The molecule has 5 heteroatoms. The number of hydrogen-bond acceptors (Lipinski definition) is 4. The molecule has 1 aromatic carbocycles. The van der Waals surface area contributed by atoms with Gasteiger partial charge in [0, 0.05) is 13.2 Å². The summed E-state index contributed by atoms with van der Waals surface area (Å²) in [5.41, 5.74) is 0.828. The highest BCUT2D eigenvalue weighted by Gasteiger charge is 2.04. The van der Waals surface area contributed by atoms with Gasteiger partial charge in [0.1, 0.15) is 5.82 Å². The number of aromatic nitrogens is 1. The van der Waals surface area contributed by atoms with Gasteiger partial charge in [-0.1, -0.05) is 25.2 Å². The molecule has 0 fully saturated rings. The van der Waals surface area contributed by atoms with Crippen LogP contribution in [0.3, 0.4) is 0 Å². The highest BCUT2D eigenvalue weighted by molar-refractivity contribution is 7.22. The van der Waals surface area contributed by atoms with Crippen molar-refractivity contribution in [2.45, 2.75) is 20.3 Å². The summed E-state index contributed by atoms with van der Waals surface area (Å²) in [5.74, 6) is 0.451. The number of ether oxygens (including phenoxy) is 1. The predicted octanol–water partition coefficient (Wildman–Crippen LogP) is 3.91. The number of thiazole rings is 1. The zero-order valence-electron chi connectivity index (χ0n) is 11.3. The fraction of sp³-hybridized carbons (Fsp3) is 0.500. The second-order valence-electron chi connectivity index (χ2n) is 4.85. The van der Waals surface area contributed by atoms with Crippen molar-refractivity contribution in [3.63, 3.8) is 0 Å². The zero-order valence-corrected chi connectivity index (χ0v) is 12.1. The Bertz CT molecular complexity index is 527. The van der Waals surface area contributed by atoms with Crippen molar-refractivity contribution in [1.29, 1.82) is 0 Å². The van der Waals surface area contributed by atoms with E-state index in [0.29, 0.717) is 12.5 Å². The van der Waals surface area contributed by atoms with Crippen molar-refractivity contribution < 1.29 is 9.13 Å². The fourth-order valence-electron chi connectivity index (χ4n) is 1.63. The second kappa shape index (κ2) is 6.82. The minimum atomic E-state index is -0.222. The largest absolute Gasteiger partial charge is 0.380 e. The number of hydrogen-bond donors (Lipinski definition) is 1. The van der Waals surface area contributed by atoms with Crippen LogP contribution >= 0.6 is 11.3 Å². The first-order valence-corrected chi connectivity index (χ1v) is 7.34. The van der Waals surface area contributed by atoms with E-state index in [2.05, 4.69) is 24.1 Å². The van der Waals surface area contributed by atoms with Gasteiger partial charge in [0.25, 0.3) is 0 Å². The van der Waals surface area contributed by atoms with Gasteiger partial charge in [0.15, 0.2) is 5.13 Å². The summed E-state index contributed by atoms with van der Waals surface area (Å²) in [6.07, 6.45) is 1.08. The van der Waals surface area contributed by atoms with Crippen LogP contribution in [0.15, 0.2) is 18.2 Å². The number of rotatable bonds is 7. The van der Waals surface area contributed by atoms with E-state index >= 15 is 0 Å². The molecule has 3 nitrogen and oxygen atoms in total. The lowest BCUT2D eigenvalue weighted by Gasteiger charge is -2.06. The van der Waals surface area contributed by atoms with E-state index < -0.39 is 0 Å².